The van der Waals surface area contributed by atoms with Gasteiger partial charge in [-0.3, -0.25) is 9.40 Å². The van der Waals surface area contributed by atoms with E-state index in [0.29, 0.717) is 16.5 Å². The van der Waals surface area contributed by atoms with Gasteiger partial charge in [-0.15, -0.1) is 10.2 Å². The fourth-order valence-corrected chi connectivity index (χ4v) is 5.68. The molecule has 14 nitrogen and oxygen atoms in total. The van der Waals surface area contributed by atoms with Gasteiger partial charge in [0.1, 0.15) is 17.8 Å². The fraction of sp³-hybridized carbons (Fsp3) is 0.320. The van der Waals surface area contributed by atoms with Crippen molar-refractivity contribution < 1.29 is 17.9 Å². The van der Waals surface area contributed by atoms with E-state index in [1.54, 1.807) is 25.6 Å². The molecule has 41 heavy (non-hydrogen) atoms. The predicted molar refractivity (Wildman–Crippen MR) is 152 cm³/mol. The molecule has 0 aliphatic rings. The molecule has 1 aromatic carbocycles. The van der Waals surface area contributed by atoms with Crippen molar-refractivity contribution in [3.05, 3.63) is 53.3 Å². The van der Waals surface area contributed by atoms with Crippen LogP contribution in [0.25, 0.3) is 28.1 Å². The summed E-state index contributed by atoms with van der Waals surface area (Å²) in [6.45, 7) is 5.22. The summed E-state index contributed by atoms with van der Waals surface area (Å²) < 4.78 is 44.1. The van der Waals surface area contributed by atoms with Crippen LogP contribution in [0.1, 0.15) is 31.2 Å². The van der Waals surface area contributed by atoms with Crippen molar-refractivity contribution >= 4 is 38.5 Å². The lowest BCUT2D eigenvalue weighted by Gasteiger charge is -2.20. The summed E-state index contributed by atoms with van der Waals surface area (Å²) in [7, 11) is 0.568. The highest BCUT2D eigenvalue weighted by Crippen LogP contribution is 2.37. The Morgan fingerprint density at radius 1 is 1.00 bits per heavy atom. The molecule has 4 heterocycles. The Hall–Kier alpha value is -4.37. The number of aryl methyl sites for hydroxylation is 2. The number of rotatable bonds is 9. The smallest absolute Gasteiger partial charge is 0.245 e. The zero-order chi connectivity index (χ0) is 29.5. The van der Waals surface area contributed by atoms with E-state index in [9.17, 15) is 8.42 Å². The standard InChI is InChI=1S/C25H27ClN10O4S/c1-13-7-8-18-17(9-13)19(33-35(18)4)22-31-32-25(36(22)20-23(39-5)29-12-30-24(20)40-6)34-41(37,38)15(3)14(2)21-27-10-16(26)11-28-21/h7-12,14-15H,1-6H3,(H,32,34)/t14-,15-/m0/s1. The average Bonchev–Trinajstić information content (AvgIpc) is 3.51. The molecule has 2 atom stereocenters. The van der Waals surface area contributed by atoms with Gasteiger partial charge in [0.25, 0.3) is 0 Å². The molecule has 16 heteroatoms. The number of hydrogen-bond acceptors (Lipinski definition) is 11. The highest BCUT2D eigenvalue weighted by atomic mass is 35.5. The molecule has 0 spiro atoms. The van der Waals surface area contributed by atoms with Gasteiger partial charge in [0.15, 0.2) is 11.5 Å². The van der Waals surface area contributed by atoms with Crippen LogP contribution in [0.15, 0.2) is 36.9 Å². The summed E-state index contributed by atoms with van der Waals surface area (Å²) in [5.41, 5.74) is 2.48. The van der Waals surface area contributed by atoms with Crippen LogP contribution in [0.4, 0.5) is 5.95 Å². The number of nitrogens with one attached hydrogen (secondary N) is 1. The third-order valence-corrected chi connectivity index (χ3v) is 8.77. The van der Waals surface area contributed by atoms with Crippen LogP contribution >= 0.6 is 11.6 Å². The van der Waals surface area contributed by atoms with Gasteiger partial charge in [0, 0.05) is 30.7 Å². The number of sulfonamides is 1. The van der Waals surface area contributed by atoms with Gasteiger partial charge in [0.2, 0.25) is 27.7 Å². The number of fused-ring (bicyclic) bond motifs is 1. The third kappa shape index (κ3) is 5.13. The lowest BCUT2D eigenvalue weighted by molar-refractivity contribution is 0.368. The summed E-state index contributed by atoms with van der Waals surface area (Å²) in [6, 6.07) is 5.88. The second-order valence-corrected chi connectivity index (χ2v) is 11.8. The second-order valence-electron chi connectivity index (χ2n) is 9.32. The number of ether oxygens (including phenoxy) is 2. The Bertz CT molecular complexity index is 1820. The lowest BCUT2D eigenvalue weighted by atomic mass is 10.1. The van der Waals surface area contributed by atoms with Crippen molar-refractivity contribution in [3.63, 3.8) is 0 Å². The maximum Gasteiger partial charge on any atom is 0.245 e. The largest absolute Gasteiger partial charge is 0.479 e. The van der Waals surface area contributed by atoms with E-state index in [-0.39, 0.29) is 29.2 Å². The molecule has 214 valence electrons. The first kappa shape index (κ1) is 28.2. The monoisotopic (exact) mass is 598 g/mol. The van der Waals surface area contributed by atoms with E-state index in [1.807, 2.05) is 25.1 Å². The number of anilines is 1. The maximum atomic E-state index is 13.7. The van der Waals surface area contributed by atoms with Crippen LogP contribution < -0.4 is 14.2 Å². The van der Waals surface area contributed by atoms with Crippen molar-refractivity contribution in [3.8, 4) is 29.0 Å². The SMILES string of the molecule is COc1ncnc(OC)c1-n1c(NS(=O)(=O)[C@@H](C)[C@H](C)c2ncc(Cl)cn2)nnc1-c1nn(C)c2ccc(C)cc12. The van der Waals surface area contributed by atoms with Gasteiger partial charge < -0.3 is 9.47 Å². The van der Waals surface area contributed by atoms with Crippen LogP contribution in [-0.2, 0) is 17.1 Å². The van der Waals surface area contributed by atoms with E-state index in [2.05, 4.69) is 40.0 Å². The molecule has 4 aromatic heterocycles. The summed E-state index contributed by atoms with van der Waals surface area (Å²) >= 11 is 5.91. The number of halogens is 1. The van der Waals surface area contributed by atoms with Gasteiger partial charge in [-0.2, -0.15) is 15.1 Å². The number of methoxy groups -OCH3 is 2. The quantitative estimate of drug-likeness (QED) is 0.264. The minimum absolute atomic E-state index is 0.103. The van der Waals surface area contributed by atoms with Gasteiger partial charge in [-0.25, -0.2) is 23.0 Å². The molecule has 5 rings (SSSR count). The highest BCUT2D eigenvalue weighted by Gasteiger charge is 2.33. The van der Waals surface area contributed by atoms with Crippen LogP contribution in [0.3, 0.4) is 0 Å². The Balaban J connectivity index is 1.68. The first-order valence-corrected chi connectivity index (χ1v) is 14.3. The van der Waals surface area contributed by atoms with E-state index in [0.717, 1.165) is 16.5 Å². The van der Waals surface area contributed by atoms with Crippen LogP contribution in [0.2, 0.25) is 5.02 Å². The molecule has 0 saturated heterocycles. The topological polar surface area (TPSA) is 165 Å². The zero-order valence-electron chi connectivity index (χ0n) is 23.1. The van der Waals surface area contributed by atoms with Crippen LogP contribution in [0.5, 0.6) is 11.8 Å². The normalized spacial score (nSPS) is 13.2. The Kier molecular flexibility index (Phi) is 7.48. The van der Waals surface area contributed by atoms with Crippen LogP contribution in [-0.4, -0.2) is 72.4 Å². The third-order valence-electron chi connectivity index (χ3n) is 6.72. The Labute approximate surface area is 240 Å². The molecular weight excluding hydrogens is 572 g/mol. The van der Waals surface area contributed by atoms with E-state index in [4.69, 9.17) is 21.1 Å². The second kappa shape index (κ2) is 10.9. The fourth-order valence-electron chi connectivity index (χ4n) is 4.35. The first-order chi connectivity index (χ1) is 19.6. The summed E-state index contributed by atoms with van der Waals surface area (Å²) in [6.07, 6.45) is 4.11. The van der Waals surface area contributed by atoms with Gasteiger partial charge in [-0.05, 0) is 26.0 Å². The van der Waals surface area contributed by atoms with Crippen molar-refractivity contribution in [1.82, 2.24) is 44.5 Å². The number of benzene rings is 1. The van der Waals surface area contributed by atoms with Crippen LogP contribution in [0, 0.1) is 6.92 Å². The van der Waals surface area contributed by atoms with Crippen molar-refractivity contribution in [2.45, 2.75) is 31.9 Å². The molecule has 5 aromatic rings. The molecule has 0 fully saturated rings. The Morgan fingerprint density at radius 2 is 1.66 bits per heavy atom. The molecule has 0 saturated carbocycles. The molecule has 0 aliphatic carbocycles. The molecule has 0 radical (unpaired) electrons. The van der Waals surface area contributed by atoms with E-state index in [1.165, 1.54) is 37.5 Å². The number of aromatic nitrogens is 9. The summed E-state index contributed by atoms with van der Waals surface area (Å²) in [5.74, 6) is 0.00876. The molecule has 0 unspecified atom stereocenters. The van der Waals surface area contributed by atoms with E-state index < -0.39 is 21.2 Å². The number of hydrogen-bond donors (Lipinski definition) is 1. The molecular formula is C25H27ClN10O4S. The average molecular weight is 599 g/mol. The highest BCUT2D eigenvalue weighted by molar-refractivity contribution is 7.93. The minimum Gasteiger partial charge on any atom is -0.479 e. The zero-order valence-corrected chi connectivity index (χ0v) is 24.6. The maximum absolute atomic E-state index is 13.7. The van der Waals surface area contributed by atoms with Gasteiger partial charge >= 0.3 is 0 Å². The van der Waals surface area contributed by atoms with Gasteiger partial charge in [0.05, 0.1) is 30.0 Å². The summed E-state index contributed by atoms with van der Waals surface area (Å²) in [4.78, 5) is 16.8. The summed E-state index contributed by atoms with van der Waals surface area (Å²) in [5, 5.41) is 13.4. The Morgan fingerprint density at radius 3 is 2.29 bits per heavy atom. The number of nitrogens with zero attached hydrogens (tertiary/aromatic N) is 9. The molecule has 1 N–H and O–H groups in total. The lowest BCUT2D eigenvalue weighted by Crippen LogP contribution is -2.31. The first-order valence-electron chi connectivity index (χ1n) is 12.4. The van der Waals surface area contributed by atoms with Crippen molar-refractivity contribution in [2.75, 3.05) is 18.9 Å². The van der Waals surface area contributed by atoms with Gasteiger partial charge in [-0.1, -0.05) is 30.2 Å². The van der Waals surface area contributed by atoms with Crippen molar-refractivity contribution in [2.24, 2.45) is 7.05 Å². The molecule has 0 aliphatic heterocycles. The molecule has 0 bridgehead atoms. The van der Waals surface area contributed by atoms with E-state index >= 15 is 0 Å². The minimum atomic E-state index is -4.09. The van der Waals surface area contributed by atoms with Crippen molar-refractivity contribution in [1.29, 1.82) is 0 Å². The molecule has 0 amide bonds. The predicted octanol–water partition coefficient (Wildman–Crippen LogP) is 3.31.